The van der Waals surface area contributed by atoms with Crippen LogP contribution in [0.1, 0.15) is 20.7 Å². The van der Waals surface area contributed by atoms with Gasteiger partial charge in [0.05, 0.1) is 12.7 Å². The van der Waals surface area contributed by atoms with E-state index in [-0.39, 0.29) is 5.56 Å². The minimum absolute atomic E-state index is 0.273. The normalized spacial score (nSPS) is 9.95. The topological polar surface area (TPSA) is 67.4 Å². The lowest BCUT2D eigenvalue weighted by atomic mass is 10.2. The number of amides is 2. The van der Waals surface area contributed by atoms with Crippen molar-refractivity contribution >= 4 is 46.0 Å². The fraction of sp³-hybridized carbons (Fsp3) is 0.0667. The van der Waals surface area contributed by atoms with Crippen molar-refractivity contribution in [1.29, 1.82) is 0 Å². The second-order valence-corrected chi connectivity index (χ2v) is 5.95. The van der Waals surface area contributed by atoms with Crippen molar-refractivity contribution in [2.24, 2.45) is 0 Å². The van der Waals surface area contributed by atoms with Gasteiger partial charge in [0.1, 0.15) is 5.75 Å². The van der Waals surface area contributed by atoms with Crippen LogP contribution in [0.3, 0.4) is 0 Å². The van der Waals surface area contributed by atoms with Crippen molar-refractivity contribution in [1.82, 2.24) is 10.9 Å². The van der Waals surface area contributed by atoms with Gasteiger partial charge in [0.15, 0.2) is 0 Å². The highest BCUT2D eigenvalue weighted by Gasteiger charge is 2.14. The second kappa shape index (κ2) is 7.46. The summed E-state index contributed by atoms with van der Waals surface area (Å²) in [6.45, 7) is 0. The first-order valence-electron chi connectivity index (χ1n) is 6.21. The molecule has 0 saturated carbocycles. The summed E-state index contributed by atoms with van der Waals surface area (Å²) in [5.74, 6) is -0.569. The van der Waals surface area contributed by atoms with Crippen LogP contribution >= 0.6 is 34.2 Å². The van der Waals surface area contributed by atoms with Crippen LogP contribution < -0.4 is 15.6 Å². The first kappa shape index (κ1) is 16.6. The molecule has 0 unspecified atom stereocenters. The summed E-state index contributed by atoms with van der Waals surface area (Å²) >= 11 is 7.95. The summed E-state index contributed by atoms with van der Waals surface area (Å²) in [6.07, 6.45) is 0. The molecule has 0 saturated heterocycles. The molecule has 0 bridgehead atoms. The van der Waals surface area contributed by atoms with E-state index in [1.54, 1.807) is 24.3 Å². The van der Waals surface area contributed by atoms with Crippen molar-refractivity contribution in [3.8, 4) is 5.75 Å². The Labute approximate surface area is 146 Å². The summed E-state index contributed by atoms with van der Waals surface area (Å²) in [5, 5.41) is 0.455. The Balaban J connectivity index is 2.05. The van der Waals surface area contributed by atoms with Gasteiger partial charge in [0.25, 0.3) is 11.8 Å². The van der Waals surface area contributed by atoms with E-state index in [1.807, 2.05) is 6.07 Å². The van der Waals surface area contributed by atoms with Crippen molar-refractivity contribution in [3.05, 3.63) is 62.2 Å². The van der Waals surface area contributed by atoms with Gasteiger partial charge in [-0.1, -0.05) is 17.7 Å². The molecule has 7 heteroatoms. The molecule has 0 radical (unpaired) electrons. The van der Waals surface area contributed by atoms with Gasteiger partial charge in [-0.3, -0.25) is 20.4 Å². The number of hydrogen-bond donors (Lipinski definition) is 2. The number of hydrogen-bond acceptors (Lipinski definition) is 3. The minimum Gasteiger partial charge on any atom is -0.496 e. The third kappa shape index (κ3) is 4.11. The highest BCUT2D eigenvalue weighted by Crippen LogP contribution is 2.22. The molecule has 0 spiro atoms. The number of carbonyl (C=O) groups excluding carboxylic acids is 2. The molecule has 5 nitrogen and oxygen atoms in total. The number of benzene rings is 2. The van der Waals surface area contributed by atoms with Gasteiger partial charge >= 0.3 is 0 Å². The van der Waals surface area contributed by atoms with Crippen molar-refractivity contribution in [2.75, 3.05) is 7.11 Å². The fourth-order valence-corrected chi connectivity index (χ4v) is 2.44. The molecule has 0 aliphatic carbocycles. The molecule has 0 fully saturated rings. The van der Waals surface area contributed by atoms with Crippen LogP contribution in [0.15, 0.2) is 42.5 Å². The first-order chi connectivity index (χ1) is 10.5. The Morgan fingerprint density at radius 3 is 2.50 bits per heavy atom. The molecule has 2 rings (SSSR count). The smallest absolute Gasteiger partial charge is 0.273 e. The van der Waals surface area contributed by atoms with E-state index in [9.17, 15) is 9.59 Å². The zero-order valence-corrected chi connectivity index (χ0v) is 14.4. The minimum atomic E-state index is -0.493. The predicted molar refractivity (Wildman–Crippen MR) is 92.1 cm³/mol. The van der Waals surface area contributed by atoms with E-state index in [0.29, 0.717) is 16.3 Å². The lowest BCUT2D eigenvalue weighted by molar-refractivity contribution is 0.0845. The van der Waals surface area contributed by atoms with E-state index >= 15 is 0 Å². The molecule has 0 aliphatic rings. The lowest BCUT2D eigenvalue weighted by Gasteiger charge is -2.10. The highest BCUT2D eigenvalue weighted by molar-refractivity contribution is 14.1. The highest BCUT2D eigenvalue weighted by atomic mass is 127. The van der Waals surface area contributed by atoms with Crippen molar-refractivity contribution in [3.63, 3.8) is 0 Å². The Kier molecular flexibility index (Phi) is 5.62. The van der Waals surface area contributed by atoms with Crippen LogP contribution in [0.25, 0.3) is 0 Å². The summed E-state index contributed by atoms with van der Waals surface area (Å²) in [4.78, 5) is 24.0. The monoisotopic (exact) mass is 430 g/mol. The van der Waals surface area contributed by atoms with Gasteiger partial charge in [-0.25, -0.2) is 0 Å². The van der Waals surface area contributed by atoms with Crippen molar-refractivity contribution < 1.29 is 14.3 Å². The van der Waals surface area contributed by atoms with E-state index in [0.717, 1.165) is 3.57 Å². The van der Waals surface area contributed by atoms with Gasteiger partial charge in [-0.15, -0.1) is 0 Å². The Hall–Kier alpha value is -1.80. The number of halogens is 2. The number of methoxy groups -OCH3 is 1. The zero-order chi connectivity index (χ0) is 16.1. The maximum absolute atomic E-state index is 12.1. The van der Waals surface area contributed by atoms with Gasteiger partial charge in [-0.05, 0) is 59.0 Å². The van der Waals surface area contributed by atoms with Gasteiger partial charge < -0.3 is 4.74 Å². The van der Waals surface area contributed by atoms with Crippen LogP contribution in [-0.4, -0.2) is 18.9 Å². The average Bonchev–Trinajstić information content (AvgIpc) is 2.52. The summed E-state index contributed by atoms with van der Waals surface area (Å²) in [6, 6.07) is 11.6. The van der Waals surface area contributed by atoms with Crippen LogP contribution in [-0.2, 0) is 0 Å². The molecule has 2 aromatic carbocycles. The molecule has 114 valence electrons. The lowest BCUT2D eigenvalue weighted by Crippen LogP contribution is -2.41. The number of nitrogens with one attached hydrogen (secondary N) is 2. The van der Waals surface area contributed by atoms with Gasteiger partial charge in [0.2, 0.25) is 0 Å². The van der Waals surface area contributed by atoms with E-state index in [2.05, 4.69) is 33.4 Å². The fourth-order valence-electron chi connectivity index (χ4n) is 1.74. The number of rotatable bonds is 3. The van der Waals surface area contributed by atoms with Crippen LogP contribution in [0.4, 0.5) is 0 Å². The summed E-state index contributed by atoms with van der Waals surface area (Å²) in [7, 11) is 1.44. The molecule has 2 aromatic rings. The van der Waals surface area contributed by atoms with Crippen LogP contribution in [0, 0.1) is 3.57 Å². The van der Waals surface area contributed by atoms with E-state index in [1.165, 1.54) is 19.2 Å². The average molecular weight is 431 g/mol. The number of hydrazine groups is 1. The number of ether oxygens (including phenoxy) is 1. The molecule has 0 aliphatic heterocycles. The second-order valence-electron chi connectivity index (χ2n) is 4.26. The molecule has 2 amide bonds. The molecule has 2 N–H and O–H groups in total. The first-order valence-corrected chi connectivity index (χ1v) is 7.66. The molecule has 0 aromatic heterocycles. The van der Waals surface area contributed by atoms with Gasteiger partial charge in [0, 0.05) is 14.2 Å². The summed E-state index contributed by atoms with van der Waals surface area (Å²) < 4.78 is 6.02. The molecule has 0 atom stereocenters. The van der Waals surface area contributed by atoms with E-state index < -0.39 is 11.8 Å². The quantitative estimate of drug-likeness (QED) is 0.581. The standard InChI is InChI=1S/C15H12ClIN2O3/c1-22-13-8-10(16)5-6-12(13)15(21)19-18-14(20)9-3-2-4-11(17)7-9/h2-8H,1H3,(H,18,20)(H,19,21). The Morgan fingerprint density at radius 1 is 1.09 bits per heavy atom. The Bertz CT molecular complexity index is 722. The largest absolute Gasteiger partial charge is 0.496 e. The molecular weight excluding hydrogens is 419 g/mol. The molecule has 22 heavy (non-hydrogen) atoms. The third-order valence-electron chi connectivity index (χ3n) is 2.78. The third-order valence-corrected chi connectivity index (χ3v) is 3.69. The van der Waals surface area contributed by atoms with Gasteiger partial charge in [-0.2, -0.15) is 0 Å². The Morgan fingerprint density at radius 2 is 1.82 bits per heavy atom. The maximum Gasteiger partial charge on any atom is 0.273 e. The maximum atomic E-state index is 12.1. The van der Waals surface area contributed by atoms with Crippen LogP contribution in [0.5, 0.6) is 5.75 Å². The van der Waals surface area contributed by atoms with E-state index in [4.69, 9.17) is 16.3 Å². The predicted octanol–water partition coefficient (Wildman–Crippen LogP) is 3.03. The van der Waals surface area contributed by atoms with Crippen molar-refractivity contribution in [2.45, 2.75) is 0 Å². The molecular formula is C15H12ClIN2O3. The SMILES string of the molecule is COc1cc(Cl)ccc1C(=O)NNC(=O)c1cccc(I)c1. The zero-order valence-electron chi connectivity index (χ0n) is 11.5. The van der Waals surface area contributed by atoms with Crippen LogP contribution in [0.2, 0.25) is 5.02 Å². The number of carbonyl (C=O) groups is 2. The summed E-state index contributed by atoms with van der Waals surface area (Å²) in [5.41, 5.74) is 5.43. The molecule has 0 heterocycles.